The summed E-state index contributed by atoms with van der Waals surface area (Å²) < 4.78 is 0. The molecule has 0 bridgehead atoms. The van der Waals surface area contributed by atoms with Crippen LogP contribution >= 0.6 is 0 Å². The van der Waals surface area contributed by atoms with Crippen molar-refractivity contribution < 1.29 is 0 Å². The molecule has 0 saturated carbocycles. The minimum absolute atomic E-state index is 1.05. The molecule has 0 amide bonds. The zero-order valence-corrected chi connectivity index (χ0v) is 17.3. The molecule has 6 rings (SSSR count). The third-order valence-corrected chi connectivity index (χ3v) is 6.12. The van der Waals surface area contributed by atoms with Crippen LogP contribution in [0.1, 0.15) is 5.56 Å². The molecule has 0 spiro atoms. The topological polar surface area (TPSA) is 12.9 Å². The van der Waals surface area contributed by atoms with Crippen molar-refractivity contribution >= 4 is 32.4 Å². The highest BCUT2D eigenvalue weighted by Crippen LogP contribution is 2.43. The Bertz CT molecular complexity index is 1540. The van der Waals surface area contributed by atoms with E-state index >= 15 is 0 Å². The normalized spacial score (nSPS) is 11.4. The molecule has 1 aromatic heterocycles. The van der Waals surface area contributed by atoms with Crippen molar-refractivity contribution in [2.24, 2.45) is 0 Å². The van der Waals surface area contributed by atoms with Gasteiger partial charge in [-0.25, -0.2) is 0 Å². The first-order valence-corrected chi connectivity index (χ1v) is 10.7. The Morgan fingerprint density at radius 3 is 2.06 bits per heavy atom. The smallest absolute Gasteiger partial charge is 0.0792 e. The molecular formula is C30H21N. The molecule has 0 fully saturated rings. The number of pyridine rings is 1. The Balaban J connectivity index is 1.78. The summed E-state index contributed by atoms with van der Waals surface area (Å²) in [6.45, 7) is 2.15. The van der Waals surface area contributed by atoms with Gasteiger partial charge in [-0.05, 0) is 57.3 Å². The number of fused-ring (bicyclic) bond motifs is 3. The van der Waals surface area contributed by atoms with E-state index in [1.165, 1.54) is 54.7 Å². The standard InChI is InChI=1S/C30H21N/c1-20-8-6-11-23(18-20)28-25-12-4-5-13-26(25)29(30-27(28)14-7-17-31-30)24-16-15-21-9-2-3-10-22(21)19-24/h2-19H,1H3. The molecule has 1 nitrogen and oxygen atoms in total. The lowest BCUT2D eigenvalue weighted by Crippen LogP contribution is -1.92. The third kappa shape index (κ3) is 2.90. The molecule has 6 aromatic rings. The van der Waals surface area contributed by atoms with Crippen molar-refractivity contribution in [1.82, 2.24) is 4.98 Å². The maximum absolute atomic E-state index is 4.90. The van der Waals surface area contributed by atoms with Gasteiger partial charge in [-0.2, -0.15) is 0 Å². The fourth-order valence-corrected chi connectivity index (χ4v) is 4.75. The molecule has 0 aliphatic heterocycles. The number of rotatable bonds is 2. The summed E-state index contributed by atoms with van der Waals surface area (Å²) in [5, 5.41) is 6.19. The maximum atomic E-state index is 4.90. The largest absolute Gasteiger partial charge is 0.256 e. The van der Waals surface area contributed by atoms with Crippen LogP contribution in [0.25, 0.3) is 54.7 Å². The van der Waals surface area contributed by atoms with Crippen LogP contribution in [0.3, 0.4) is 0 Å². The van der Waals surface area contributed by atoms with E-state index in [1.807, 2.05) is 12.3 Å². The molecule has 0 atom stereocenters. The van der Waals surface area contributed by atoms with Crippen molar-refractivity contribution in [3.8, 4) is 22.3 Å². The van der Waals surface area contributed by atoms with Gasteiger partial charge < -0.3 is 0 Å². The van der Waals surface area contributed by atoms with Crippen LogP contribution in [-0.2, 0) is 0 Å². The zero-order valence-electron chi connectivity index (χ0n) is 17.3. The first-order valence-electron chi connectivity index (χ1n) is 10.7. The lowest BCUT2D eigenvalue weighted by Gasteiger charge is -2.17. The van der Waals surface area contributed by atoms with Crippen LogP contribution in [-0.4, -0.2) is 4.98 Å². The fraction of sp³-hybridized carbons (Fsp3) is 0.0333. The van der Waals surface area contributed by atoms with E-state index in [1.54, 1.807) is 0 Å². The highest BCUT2D eigenvalue weighted by molar-refractivity contribution is 6.20. The fourth-order valence-electron chi connectivity index (χ4n) is 4.75. The van der Waals surface area contributed by atoms with Crippen LogP contribution < -0.4 is 0 Å². The predicted molar refractivity (Wildman–Crippen MR) is 132 cm³/mol. The van der Waals surface area contributed by atoms with Crippen LogP contribution in [0.4, 0.5) is 0 Å². The molecule has 1 heterocycles. The number of aryl methyl sites for hydroxylation is 1. The van der Waals surface area contributed by atoms with Gasteiger partial charge in [0.25, 0.3) is 0 Å². The molecule has 5 aromatic carbocycles. The van der Waals surface area contributed by atoms with Gasteiger partial charge in [0.15, 0.2) is 0 Å². The molecular weight excluding hydrogens is 374 g/mol. The summed E-state index contributed by atoms with van der Waals surface area (Å²) in [4.78, 5) is 4.90. The van der Waals surface area contributed by atoms with Gasteiger partial charge in [-0.15, -0.1) is 0 Å². The Kier molecular flexibility index (Phi) is 4.07. The number of benzene rings is 5. The van der Waals surface area contributed by atoms with Crippen molar-refractivity contribution in [1.29, 1.82) is 0 Å². The van der Waals surface area contributed by atoms with E-state index in [0.29, 0.717) is 0 Å². The second kappa shape index (κ2) is 7.07. The van der Waals surface area contributed by atoms with Gasteiger partial charge in [0.2, 0.25) is 0 Å². The first kappa shape index (κ1) is 17.9. The van der Waals surface area contributed by atoms with Crippen LogP contribution in [0, 0.1) is 6.92 Å². The first-order chi connectivity index (χ1) is 15.3. The third-order valence-electron chi connectivity index (χ3n) is 6.12. The van der Waals surface area contributed by atoms with Gasteiger partial charge >= 0.3 is 0 Å². The van der Waals surface area contributed by atoms with Crippen molar-refractivity contribution in [2.75, 3.05) is 0 Å². The Morgan fingerprint density at radius 1 is 0.516 bits per heavy atom. The van der Waals surface area contributed by atoms with E-state index in [4.69, 9.17) is 4.98 Å². The molecule has 1 heteroatoms. The lowest BCUT2D eigenvalue weighted by molar-refractivity contribution is 1.42. The minimum Gasteiger partial charge on any atom is -0.256 e. The Morgan fingerprint density at radius 2 is 1.23 bits per heavy atom. The van der Waals surface area contributed by atoms with Gasteiger partial charge in [-0.1, -0.05) is 96.6 Å². The molecule has 0 aliphatic rings. The van der Waals surface area contributed by atoms with Crippen LogP contribution in [0.15, 0.2) is 109 Å². The van der Waals surface area contributed by atoms with Crippen LogP contribution in [0.2, 0.25) is 0 Å². The van der Waals surface area contributed by atoms with E-state index < -0.39 is 0 Å². The van der Waals surface area contributed by atoms with Gasteiger partial charge in [0.1, 0.15) is 0 Å². The Labute approximate surface area is 181 Å². The predicted octanol–water partition coefficient (Wildman–Crippen LogP) is 8.18. The summed E-state index contributed by atoms with van der Waals surface area (Å²) >= 11 is 0. The summed E-state index contributed by atoms with van der Waals surface area (Å²) in [5.74, 6) is 0. The minimum atomic E-state index is 1.05. The molecule has 31 heavy (non-hydrogen) atoms. The molecule has 0 unspecified atom stereocenters. The molecule has 146 valence electrons. The SMILES string of the molecule is Cc1cccc(-c2c3ccccc3c(-c3ccc4ccccc4c3)c3ncccc23)c1. The second-order valence-corrected chi connectivity index (χ2v) is 8.13. The highest BCUT2D eigenvalue weighted by Gasteiger charge is 2.17. The highest BCUT2D eigenvalue weighted by atomic mass is 14.7. The van der Waals surface area contributed by atoms with E-state index in [0.717, 1.165) is 5.52 Å². The van der Waals surface area contributed by atoms with Gasteiger partial charge in [-0.3, -0.25) is 4.98 Å². The lowest BCUT2D eigenvalue weighted by atomic mass is 9.87. The molecule has 0 radical (unpaired) electrons. The zero-order chi connectivity index (χ0) is 20.8. The van der Waals surface area contributed by atoms with Crippen molar-refractivity contribution in [3.05, 3.63) is 115 Å². The summed E-state index contributed by atoms with van der Waals surface area (Å²) in [6.07, 6.45) is 1.90. The molecule has 0 aliphatic carbocycles. The summed E-state index contributed by atoms with van der Waals surface area (Å²) in [6, 6.07) is 37.0. The van der Waals surface area contributed by atoms with Crippen LogP contribution in [0.5, 0.6) is 0 Å². The number of nitrogens with zero attached hydrogens (tertiary/aromatic N) is 1. The average molecular weight is 396 g/mol. The summed E-state index contributed by atoms with van der Waals surface area (Å²) in [5.41, 5.74) is 7.21. The number of aromatic nitrogens is 1. The Hall–Kier alpha value is -3.97. The quantitative estimate of drug-likeness (QED) is 0.269. The van der Waals surface area contributed by atoms with Crippen molar-refractivity contribution in [2.45, 2.75) is 6.92 Å². The maximum Gasteiger partial charge on any atom is 0.0792 e. The number of hydrogen-bond acceptors (Lipinski definition) is 1. The van der Waals surface area contributed by atoms with E-state index in [2.05, 4.69) is 104 Å². The van der Waals surface area contributed by atoms with Crippen molar-refractivity contribution in [3.63, 3.8) is 0 Å². The van der Waals surface area contributed by atoms with E-state index in [-0.39, 0.29) is 0 Å². The molecule has 0 saturated heterocycles. The summed E-state index contributed by atoms with van der Waals surface area (Å²) in [7, 11) is 0. The average Bonchev–Trinajstić information content (AvgIpc) is 2.82. The number of hydrogen-bond donors (Lipinski definition) is 0. The monoisotopic (exact) mass is 395 g/mol. The van der Waals surface area contributed by atoms with Gasteiger partial charge in [0, 0.05) is 17.1 Å². The molecule has 0 N–H and O–H groups in total. The van der Waals surface area contributed by atoms with Gasteiger partial charge in [0.05, 0.1) is 5.52 Å². The second-order valence-electron chi connectivity index (χ2n) is 8.13. The van der Waals surface area contributed by atoms with E-state index in [9.17, 15) is 0 Å².